The molecular formula is C60H35N3OS. The molecular weight excluding hydrogens is 811 g/mol. The molecule has 12 aromatic rings. The van der Waals surface area contributed by atoms with E-state index in [2.05, 4.69) is 182 Å². The van der Waals surface area contributed by atoms with Gasteiger partial charge in [-0.3, -0.25) is 0 Å². The molecule has 14 rings (SSSR count). The Hall–Kier alpha value is -8.12. The van der Waals surface area contributed by atoms with Gasteiger partial charge in [0.25, 0.3) is 0 Å². The molecule has 0 amide bonds. The molecule has 0 unspecified atom stereocenters. The average Bonchev–Trinajstić information content (AvgIpc) is 3.90. The van der Waals surface area contributed by atoms with Crippen molar-refractivity contribution in [1.29, 1.82) is 0 Å². The molecule has 4 heterocycles. The van der Waals surface area contributed by atoms with E-state index in [1.54, 1.807) is 0 Å². The van der Waals surface area contributed by atoms with Crippen LogP contribution in [0.25, 0.3) is 99.9 Å². The fraction of sp³-hybridized carbons (Fsp3) is 0.0167. The van der Waals surface area contributed by atoms with Crippen molar-refractivity contribution in [2.45, 2.75) is 15.2 Å². The maximum Gasteiger partial charge on any atom is 0.160 e. The van der Waals surface area contributed by atoms with E-state index >= 15 is 0 Å². The topological polar surface area (TPSA) is 51.8 Å². The van der Waals surface area contributed by atoms with E-state index in [9.17, 15) is 0 Å². The number of hydrogen-bond acceptors (Lipinski definition) is 5. The zero-order valence-electron chi connectivity index (χ0n) is 34.9. The van der Waals surface area contributed by atoms with E-state index in [4.69, 9.17) is 19.4 Å². The summed E-state index contributed by atoms with van der Waals surface area (Å²) in [6.07, 6.45) is 0. The molecule has 3 aromatic heterocycles. The fourth-order valence-corrected chi connectivity index (χ4v) is 12.0. The van der Waals surface area contributed by atoms with E-state index in [0.717, 1.165) is 77.6 Å². The highest BCUT2D eigenvalue weighted by molar-refractivity contribution is 7.99. The Labute approximate surface area is 378 Å². The number of nitrogens with zero attached hydrogens (tertiary/aromatic N) is 3. The Kier molecular flexibility index (Phi) is 7.80. The van der Waals surface area contributed by atoms with Crippen LogP contribution in [0.1, 0.15) is 22.3 Å². The second kappa shape index (κ2) is 13.9. The van der Waals surface area contributed by atoms with Gasteiger partial charge in [0.2, 0.25) is 0 Å². The maximum absolute atomic E-state index is 6.54. The van der Waals surface area contributed by atoms with Gasteiger partial charge in [0.1, 0.15) is 11.2 Å². The first-order chi connectivity index (χ1) is 32.2. The Morgan fingerprint density at radius 3 is 1.88 bits per heavy atom. The molecule has 0 atom stereocenters. The van der Waals surface area contributed by atoms with Crippen molar-refractivity contribution >= 4 is 55.4 Å². The molecule has 1 aliphatic carbocycles. The molecule has 4 nitrogen and oxygen atoms in total. The van der Waals surface area contributed by atoms with Crippen LogP contribution < -0.4 is 0 Å². The second-order valence-corrected chi connectivity index (χ2v) is 18.1. The lowest BCUT2D eigenvalue weighted by Gasteiger charge is -2.39. The van der Waals surface area contributed by atoms with Crippen molar-refractivity contribution in [3.05, 3.63) is 235 Å². The van der Waals surface area contributed by atoms with Gasteiger partial charge in [0.15, 0.2) is 5.82 Å². The molecule has 0 radical (unpaired) electrons. The smallest absolute Gasteiger partial charge is 0.160 e. The minimum Gasteiger partial charge on any atom is -0.455 e. The molecule has 1 spiro atoms. The van der Waals surface area contributed by atoms with Gasteiger partial charge in [-0.15, -0.1) is 0 Å². The normalized spacial score (nSPS) is 13.3. The van der Waals surface area contributed by atoms with Gasteiger partial charge >= 0.3 is 0 Å². The molecule has 9 aromatic carbocycles. The van der Waals surface area contributed by atoms with Gasteiger partial charge in [-0.05, 0) is 75.8 Å². The van der Waals surface area contributed by atoms with E-state index in [0.29, 0.717) is 5.82 Å². The summed E-state index contributed by atoms with van der Waals surface area (Å²) in [5.41, 5.74) is 16.4. The second-order valence-electron chi connectivity index (χ2n) is 17.0. The Bertz CT molecular complexity index is 3900. The predicted molar refractivity (Wildman–Crippen MR) is 265 cm³/mol. The highest BCUT2D eigenvalue weighted by Crippen LogP contribution is 2.63. The largest absolute Gasteiger partial charge is 0.455 e. The summed E-state index contributed by atoms with van der Waals surface area (Å²) >= 11 is 1.87. The van der Waals surface area contributed by atoms with Crippen LogP contribution in [-0.2, 0) is 5.41 Å². The summed E-state index contributed by atoms with van der Waals surface area (Å²) in [5, 5.41) is 5.63. The van der Waals surface area contributed by atoms with Crippen LogP contribution in [0, 0.1) is 0 Å². The van der Waals surface area contributed by atoms with Crippen molar-refractivity contribution in [3.63, 3.8) is 0 Å². The van der Waals surface area contributed by atoms with Gasteiger partial charge < -0.3 is 4.42 Å². The highest BCUT2D eigenvalue weighted by atomic mass is 32.2. The van der Waals surface area contributed by atoms with Crippen LogP contribution in [0.2, 0.25) is 0 Å². The summed E-state index contributed by atoms with van der Waals surface area (Å²) in [6, 6.07) is 75.9. The lowest BCUT2D eigenvalue weighted by molar-refractivity contribution is 0.670. The summed E-state index contributed by atoms with van der Waals surface area (Å²) in [7, 11) is 0. The maximum atomic E-state index is 6.54. The average molecular weight is 846 g/mol. The van der Waals surface area contributed by atoms with E-state index in [-0.39, 0.29) is 0 Å². The summed E-state index contributed by atoms with van der Waals surface area (Å²) in [4.78, 5) is 18.6. The Morgan fingerprint density at radius 2 is 1.03 bits per heavy atom. The zero-order chi connectivity index (χ0) is 42.6. The van der Waals surface area contributed by atoms with Crippen molar-refractivity contribution < 1.29 is 4.42 Å². The lowest BCUT2D eigenvalue weighted by atomic mass is 9.67. The van der Waals surface area contributed by atoms with Gasteiger partial charge in [-0.1, -0.05) is 182 Å². The van der Waals surface area contributed by atoms with Crippen molar-refractivity contribution in [2.24, 2.45) is 0 Å². The van der Waals surface area contributed by atoms with Crippen molar-refractivity contribution in [1.82, 2.24) is 15.0 Å². The quantitative estimate of drug-likeness (QED) is 0.165. The van der Waals surface area contributed by atoms with Crippen LogP contribution in [-0.4, -0.2) is 15.0 Å². The third-order valence-electron chi connectivity index (χ3n) is 13.5. The minimum absolute atomic E-state index is 0.475. The number of aromatic nitrogens is 3. The number of hydrogen-bond donors (Lipinski definition) is 0. The zero-order valence-corrected chi connectivity index (χ0v) is 35.7. The third-order valence-corrected chi connectivity index (χ3v) is 14.7. The first-order valence-corrected chi connectivity index (χ1v) is 22.8. The van der Waals surface area contributed by atoms with Gasteiger partial charge in [0, 0.05) is 59.0 Å². The van der Waals surface area contributed by atoms with Gasteiger partial charge in [-0.2, -0.15) is 0 Å². The lowest BCUT2D eigenvalue weighted by Crippen LogP contribution is -2.31. The number of para-hydroxylation sites is 3. The van der Waals surface area contributed by atoms with Crippen molar-refractivity contribution in [3.8, 4) is 56.3 Å². The fourth-order valence-electron chi connectivity index (χ4n) is 10.8. The molecule has 0 bridgehead atoms. The SMILES string of the molecule is c1ccc(-c2nc(-c3cccc(-c4nc5ccccc5c5c6c(ccc45)C4(c5ccccc5Sc5ccccc54)c4ccccc4-6)c3)cc(-c3cccc4c3oc3ccccc34)n2)cc1. The summed E-state index contributed by atoms with van der Waals surface area (Å²) in [6.45, 7) is 0. The van der Waals surface area contributed by atoms with Crippen LogP contribution in [0.3, 0.4) is 0 Å². The van der Waals surface area contributed by atoms with Crippen LogP contribution in [0.15, 0.2) is 227 Å². The number of furan rings is 1. The van der Waals surface area contributed by atoms with Crippen LogP contribution in [0.5, 0.6) is 0 Å². The van der Waals surface area contributed by atoms with Crippen molar-refractivity contribution in [2.75, 3.05) is 0 Å². The van der Waals surface area contributed by atoms with E-state index in [1.165, 1.54) is 48.6 Å². The molecule has 0 saturated carbocycles. The summed E-state index contributed by atoms with van der Waals surface area (Å²) in [5.74, 6) is 0.651. The molecule has 5 heteroatoms. The monoisotopic (exact) mass is 845 g/mol. The molecule has 2 aliphatic rings. The minimum atomic E-state index is -0.475. The third kappa shape index (κ3) is 5.24. The van der Waals surface area contributed by atoms with Gasteiger partial charge in [-0.25, -0.2) is 15.0 Å². The molecule has 65 heavy (non-hydrogen) atoms. The first kappa shape index (κ1) is 36.4. The Morgan fingerprint density at radius 1 is 0.400 bits per heavy atom. The molecule has 0 fully saturated rings. The summed E-state index contributed by atoms with van der Waals surface area (Å²) < 4.78 is 6.54. The standard InChI is InChI=1S/C60H35N3OS/c1-2-16-36(17-3-1)59-62-50(35-51(63-59)43-24-15-23-40-39-20-6-11-29-52(39)64-58(40)43)37-18-14-19-38(34-37)57-44-32-33-48-56(55(44)42-22-5-10-28-49(42)61-57)41-21-4-7-25-45(41)60(48)46-26-8-12-30-53(46)65-54-31-13-9-27-47(54)60/h1-35H. The molecule has 302 valence electrons. The molecule has 1 aliphatic heterocycles. The highest BCUT2D eigenvalue weighted by Gasteiger charge is 2.50. The number of benzene rings is 9. The van der Waals surface area contributed by atoms with Crippen LogP contribution in [0.4, 0.5) is 0 Å². The molecule has 0 N–H and O–H groups in total. The number of rotatable bonds is 4. The van der Waals surface area contributed by atoms with Crippen LogP contribution >= 0.6 is 11.8 Å². The number of fused-ring (bicyclic) bond motifs is 16. The van der Waals surface area contributed by atoms with Gasteiger partial charge in [0.05, 0.1) is 28.0 Å². The predicted octanol–water partition coefficient (Wildman–Crippen LogP) is 15.6. The van der Waals surface area contributed by atoms with E-state index < -0.39 is 5.41 Å². The molecule has 0 saturated heterocycles. The first-order valence-electron chi connectivity index (χ1n) is 22.0. The van der Waals surface area contributed by atoms with E-state index in [1.807, 2.05) is 42.1 Å². The number of pyridine rings is 1. The Balaban J connectivity index is 1.00.